The Morgan fingerprint density at radius 2 is 1.97 bits per heavy atom. The van der Waals surface area contributed by atoms with Gasteiger partial charge in [-0.15, -0.1) is 0 Å². The molecule has 30 heavy (non-hydrogen) atoms. The second kappa shape index (κ2) is 10.3. The summed E-state index contributed by atoms with van der Waals surface area (Å²) in [6.07, 6.45) is 2.02. The summed E-state index contributed by atoms with van der Waals surface area (Å²) in [5.74, 6) is 0. The first-order valence-electron chi connectivity index (χ1n) is 9.97. The molecule has 158 valence electrons. The van der Waals surface area contributed by atoms with E-state index >= 15 is 0 Å². The number of methoxy groups -OCH3 is 1. The van der Waals surface area contributed by atoms with Crippen LogP contribution < -0.4 is 5.32 Å². The lowest BCUT2D eigenvalue weighted by molar-refractivity contribution is 0.152. The van der Waals surface area contributed by atoms with Crippen molar-refractivity contribution in [2.45, 2.75) is 26.9 Å². The Kier molecular flexibility index (Phi) is 7.55. The third-order valence-corrected chi connectivity index (χ3v) is 5.23. The van der Waals surface area contributed by atoms with Crippen LogP contribution in [0.5, 0.6) is 0 Å². The highest BCUT2D eigenvalue weighted by atomic mass is 35.5. The Bertz CT molecular complexity index is 1000. The van der Waals surface area contributed by atoms with Crippen molar-refractivity contribution in [3.8, 4) is 0 Å². The van der Waals surface area contributed by atoms with Crippen LogP contribution in [0.25, 0.3) is 0 Å². The number of urea groups is 1. The fraction of sp³-hybridized carbons (Fsp3) is 0.292. The number of amides is 2. The van der Waals surface area contributed by atoms with E-state index in [0.717, 1.165) is 27.5 Å². The van der Waals surface area contributed by atoms with Gasteiger partial charge in [0.25, 0.3) is 0 Å². The minimum absolute atomic E-state index is 0.144. The van der Waals surface area contributed by atoms with Gasteiger partial charge in [0.1, 0.15) is 0 Å². The smallest absolute Gasteiger partial charge is 0.322 e. The quantitative estimate of drug-likeness (QED) is 0.518. The molecule has 1 heterocycles. The van der Waals surface area contributed by atoms with E-state index < -0.39 is 0 Å². The second-order valence-electron chi connectivity index (χ2n) is 7.42. The van der Waals surface area contributed by atoms with Crippen molar-refractivity contribution in [3.05, 3.63) is 88.2 Å². The lowest BCUT2D eigenvalue weighted by Gasteiger charge is -2.24. The second-order valence-corrected chi connectivity index (χ2v) is 7.86. The van der Waals surface area contributed by atoms with Gasteiger partial charge in [-0.05, 0) is 55.3 Å². The van der Waals surface area contributed by atoms with Crippen molar-refractivity contribution in [3.63, 3.8) is 0 Å². The minimum atomic E-state index is -0.144. The van der Waals surface area contributed by atoms with Crippen molar-refractivity contribution in [1.82, 2.24) is 9.47 Å². The summed E-state index contributed by atoms with van der Waals surface area (Å²) < 4.78 is 7.36. The monoisotopic (exact) mass is 425 g/mol. The molecule has 3 rings (SSSR count). The highest BCUT2D eigenvalue weighted by Crippen LogP contribution is 2.18. The third kappa shape index (κ3) is 5.88. The van der Waals surface area contributed by atoms with Crippen LogP contribution in [0.4, 0.5) is 10.5 Å². The highest BCUT2D eigenvalue weighted by Gasteiger charge is 2.17. The average molecular weight is 426 g/mol. The molecule has 0 bridgehead atoms. The van der Waals surface area contributed by atoms with Crippen LogP contribution in [-0.4, -0.2) is 35.8 Å². The van der Waals surface area contributed by atoms with Gasteiger partial charge in [-0.1, -0.05) is 41.4 Å². The summed E-state index contributed by atoms with van der Waals surface area (Å²) in [6.45, 7) is 6.17. The number of nitrogens with zero attached hydrogens (tertiary/aromatic N) is 2. The van der Waals surface area contributed by atoms with Gasteiger partial charge in [0, 0.05) is 42.8 Å². The maximum atomic E-state index is 13.0. The number of halogens is 1. The average Bonchev–Trinajstić information content (AvgIpc) is 3.13. The molecule has 3 aromatic rings. The van der Waals surface area contributed by atoms with Crippen LogP contribution in [0, 0.1) is 13.8 Å². The molecule has 2 aromatic carbocycles. The molecule has 1 aromatic heterocycles. The molecule has 0 saturated carbocycles. The van der Waals surface area contributed by atoms with Gasteiger partial charge in [-0.3, -0.25) is 0 Å². The van der Waals surface area contributed by atoms with Crippen molar-refractivity contribution < 1.29 is 9.53 Å². The molecule has 0 aliphatic carbocycles. The van der Waals surface area contributed by atoms with Crippen molar-refractivity contribution in [1.29, 1.82) is 0 Å². The number of nitrogens with one attached hydrogen (secondary N) is 1. The maximum Gasteiger partial charge on any atom is 0.322 e. The first kappa shape index (κ1) is 21.9. The fourth-order valence-electron chi connectivity index (χ4n) is 3.38. The molecule has 0 aliphatic heterocycles. The molecule has 2 amide bonds. The standard InChI is InChI=1S/C24H28ClN3O2/c1-18-9-10-23(19(2)14-18)26-24(29)28(12-13-30-3)17-22-8-5-11-27(22)16-20-6-4-7-21(25)15-20/h4-11,14-15H,12-13,16-17H2,1-3H3,(H,26,29). The van der Waals surface area contributed by atoms with Gasteiger partial charge in [-0.2, -0.15) is 0 Å². The van der Waals surface area contributed by atoms with E-state index in [1.807, 2.05) is 68.6 Å². The molecule has 0 saturated heterocycles. The number of anilines is 1. The zero-order valence-corrected chi connectivity index (χ0v) is 18.4. The van der Waals surface area contributed by atoms with E-state index in [-0.39, 0.29) is 6.03 Å². The van der Waals surface area contributed by atoms with E-state index in [1.165, 1.54) is 5.56 Å². The van der Waals surface area contributed by atoms with Crippen LogP contribution in [0.2, 0.25) is 5.02 Å². The molecule has 1 N–H and O–H groups in total. The number of aromatic nitrogens is 1. The zero-order valence-electron chi connectivity index (χ0n) is 17.7. The van der Waals surface area contributed by atoms with Gasteiger partial charge in [0.05, 0.1) is 13.2 Å². The summed E-state index contributed by atoms with van der Waals surface area (Å²) in [4.78, 5) is 14.8. The van der Waals surface area contributed by atoms with Gasteiger partial charge in [0.2, 0.25) is 0 Å². The molecule has 0 spiro atoms. The number of aryl methyl sites for hydroxylation is 2. The number of rotatable bonds is 8. The number of carbonyl (C=O) groups is 1. The fourth-order valence-corrected chi connectivity index (χ4v) is 3.59. The Hall–Kier alpha value is -2.76. The summed E-state index contributed by atoms with van der Waals surface area (Å²) >= 11 is 6.12. The zero-order chi connectivity index (χ0) is 21.5. The summed E-state index contributed by atoms with van der Waals surface area (Å²) in [5.41, 5.74) is 5.19. The topological polar surface area (TPSA) is 46.5 Å². The molecule has 0 radical (unpaired) electrons. The van der Waals surface area contributed by atoms with Crippen LogP contribution in [-0.2, 0) is 17.8 Å². The molecular formula is C24H28ClN3O2. The van der Waals surface area contributed by atoms with Crippen molar-refractivity contribution in [2.24, 2.45) is 0 Å². The highest BCUT2D eigenvalue weighted by molar-refractivity contribution is 6.30. The summed E-state index contributed by atoms with van der Waals surface area (Å²) in [6, 6.07) is 17.7. The predicted molar refractivity (Wildman–Crippen MR) is 122 cm³/mol. The van der Waals surface area contributed by atoms with E-state index in [1.54, 1.807) is 12.0 Å². The third-order valence-electron chi connectivity index (χ3n) is 4.99. The van der Waals surface area contributed by atoms with Crippen LogP contribution in [0.3, 0.4) is 0 Å². The Morgan fingerprint density at radius 3 is 2.70 bits per heavy atom. The van der Waals surface area contributed by atoms with Gasteiger partial charge in [-0.25, -0.2) is 4.79 Å². The number of ether oxygens (including phenoxy) is 1. The lowest BCUT2D eigenvalue weighted by Crippen LogP contribution is -2.37. The first-order valence-corrected chi connectivity index (χ1v) is 10.3. The van der Waals surface area contributed by atoms with Gasteiger partial charge in [0.15, 0.2) is 0 Å². The van der Waals surface area contributed by atoms with Crippen molar-refractivity contribution in [2.75, 3.05) is 25.6 Å². The number of hydrogen-bond donors (Lipinski definition) is 1. The summed E-state index contributed by atoms with van der Waals surface area (Å²) in [7, 11) is 1.64. The minimum Gasteiger partial charge on any atom is -0.383 e. The maximum absolute atomic E-state index is 13.0. The predicted octanol–water partition coefficient (Wildman–Crippen LogP) is 5.49. The molecule has 5 nitrogen and oxygen atoms in total. The van der Waals surface area contributed by atoms with Crippen molar-refractivity contribution >= 4 is 23.3 Å². The van der Waals surface area contributed by atoms with Crippen LogP contribution in [0.15, 0.2) is 60.8 Å². The number of benzene rings is 2. The normalized spacial score (nSPS) is 10.8. The van der Waals surface area contributed by atoms with E-state index in [9.17, 15) is 4.79 Å². The molecule has 0 unspecified atom stereocenters. The van der Waals surface area contributed by atoms with Gasteiger partial charge >= 0.3 is 6.03 Å². The van der Waals surface area contributed by atoms with Crippen LogP contribution >= 0.6 is 11.6 Å². The van der Waals surface area contributed by atoms with Gasteiger partial charge < -0.3 is 19.5 Å². The molecule has 6 heteroatoms. The molecule has 0 aliphatic rings. The van der Waals surface area contributed by atoms with E-state index in [0.29, 0.717) is 26.2 Å². The SMILES string of the molecule is COCCN(Cc1cccn1Cc1cccc(Cl)c1)C(=O)Nc1ccc(C)cc1C. The molecule has 0 atom stereocenters. The van der Waals surface area contributed by atoms with E-state index in [4.69, 9.17) is 16.3 Å². The van der Waals surface area contributed by atoms with Crippen LogP contribution in [0.1, 0.15) is 22.4 Å². The Morgan fingerprint density at radius 1 is 1.13 bits per heavy atom. The number of hydrogen-bond acceptors (Lipinski definition) is 2. The summed E-state index contributed by atoms with van der Waals surface area (Å²) in [5, 5.41) is 3.76. The van der Waals surface area contributed by atoms with E-state index in [2.05, 4.69) is 16.0 Å². The largest absolute Gasteiger partial charge is 0.383 e. The number of carbonyl (C=O) groups excluding carboxylic acids is 1. The Labute approximate surface area is 183 Å². The lowest BCUT2D eigenvalue weighted by atomic mass is 10.1. The molecular weight excluding hydrogens is 398 g/mol. The first-order chi connectivity index (χ1) is 14.5. The Balaban J connectivity index is 1.75. The molecule has 0 fully saturated rings.